The van der Waals surface area contributed by atoms with Crippen molar-refractivity contribution in [1.29, 1.82) is 0 Å². The molecule has 112 valence electrons. The number of carbonyl (C=O) groups excluding carboxylic acids is 1. The molecule has 4 heteroatoms. The molecule has 0 unspecified atom stereocenters. The maximum atomic E-state index is 13.8. The van der Waals surface area contributed by atoms with Crippen LogP contribution in [-0.2, 0) is 0 Å². The predicted octanol–water partition coefficient (Wildman–Crippen LogP) is 2.45. The summed E-state index contributed by atoms with van der Waals surface area (Å²) in [4.78, 5) is 12.1. The van der Waals surface area contributed by atoms with Crippen molar-refractivity contribution in [3.8, 4) is 11.8 Å². The third-order valence-electron chi connectivity index (χ3n) is 3.91. The minimum atomic E-state index is -0.522. The van der Waals surface area contributed by atoms with Crippen molar-refractivity contribution in [2.24, 2.45) is 11.1 Å². The third-order valence-corrected chi connectivity index (χ3v) is 3.91. The zero-order valence-corrected chi connectivity index (χ0v) is 12.3. The van der Waals surface area contributed by atoms with Gasteiger partial charge in [-0.25, -0.2) is 4.39 Å². The fraction of sp³-hybridized carbons (Fsp3) is 0.471. The molecular weight excluding hydrogens is 267 g/mol. The third kappa shape index (κ3) is 4.05. The van der Waals surface area contributed by atoms with Gasteiger partial charge in [-0.3, -0.25) is 4.79 Å². The van der Waals surface area contributed by atoms with E-state index in [0.717, 1.165) is 25.7 Å². The van der Waals surface area contributed by atoms with Gasteiger partial charge in [-0.1, -0.05) is 25.2 Å². The first kappa shape index (κ1) is 15.5. The van der Waals surface area contributed by atoms with Crippen LogP contribution in [0.5, 0.6) is 0 Å². The number of nitrogens with one attached hydrogen (secondary N) is 1. The maximum Gasteiger partial charge on any atom is 0.254 e. The fourth-order valence-electron chi connectivity index (χ4n) is 2.52. The van der Waals surface area contributed by atoms with Crippen molar-refractivity contribution in [2.75, 3.05) is 13.1 Å². The number of hydrogen-bond acceptors (Lipinski definition) is 2. The number of rotatable bonds is 5. The van der Waals surface area contributed by atoms with E-state index in [1.54, 1.807) is 6.07 Å². The molecule has 0 bridgehead atoms. The van der Waals surface area contributed by atoms with Gasteiger partial charge < -0.3 is 11.1 Å². The summed E-state index contributed by atoms with van der Waals surface area (Å²) in [6.45, 7) is 3.00. The van der Waals surface area contributed by atoms with E-state index in [2.05, 4.69) is 24.1 Å². The molecule has 0 aliphatic heterocycles. The summed E-state index contributed by atoms with van der Waals surface area (Å²) in [5.41, 5.74) is 6.20. The van der Waals surface area contributed by atoms with Gasteiger partial charge >= 0.3 is 0 Å². The molecular formula is C17H21FN2O. The Balaban J connectivity index is 2.04. The molecule has 1 aromatic carbocycles. The van der Waals surface area contributed by atoms with Crippen LogP contribution < -0.4 is 11.1 Å². The SMILES string of the molecule is CCCC1(CNC(=O)c2cc(C#CCN)ccc2F)CC1. The lowest BCUT2D eigenvalue weighted by Crippen LogP contribution is -2.30. The molecule has 21 heavy (non-hydrogen) atoms. The smallest absolute Gasteiger partial charge is 0.254 e. The van der Waals surface area contributed by atoms with Crippen LogP contribution in [0.15, 0.2) is 18.2 Å². The molecule has 0 radical (unpaired) electrons. The number of hydrogen-bond donors (Lipinski definition) is 2. The van der Waals surface area contributed by atoms with Crippen molar-refractivity contribution < 1.29 is 9.18 Å². The van der Waals surface area contributed by atoms with Gasteiger partial charge in [-0.2, -0.15) is 0 Å². The van der Waals surface area contributed by atoms with Crippen LogP contribution in [-0.4, -0.2) is 19.0 Å². The summed E-state index contributed by atoms with van der Waals surface area (Å²) < 4.78 is 13.8. The Morgan fingerprint density at radius 2 is 2.24 bits per heavy atom. The van der Waals surface area contributed by atoms with Gasteiger partial charge in [0.05, 0.1) is 12.1 Å². The first-order valence-corrected chi connectivity index (χ1v) is 7.37. The standard InChI is InChI=1S/C17H21FN2O/c1-2-7-17(8-9-17)12-20-16(21)14-11-13(4-3-10-19)5-6-15(14)18/h5-6,11H,2,7-10,12,19H2,1H3,(H,20,21). The van der Waals surface area contributed by atoms with Gasteiger partial charge in [-0.15, -0.1) is 0 Å². The van der Waals surface area contributed by atoms with Crippen LogP contribution in [0.3, 0.4) is 0 Å². The highest BCUT2D eigenvalue weighted by Crippen LogP contribution is 2.48. The van der Waals surface area contributed by atoms with Crippen LogP contribution in [0.4, 0.5) is 4.39 Å². The van der Waals surface area contributed by atoms with Gasteiger partial charge in [0, 0.05) is 12.1 Å². The average Bonchev–Trinajstić information content (AvgIpc) is 3.24. The quantitative estimate of drug-likeness (QED) is 0.818. The minimum absolute atomic E-state index is 0.0473. The van der Waals surface area contributed by atoms with Crippen molar-refractivity contribution in [2.45, 2.75) is 32.6 Å². The topological polar surface area (TPSA) is 55.1 Å². The lowest BCUT2D eigenvalue weighted by Gasteiger charge is -2.15. The number of amides is 1. The number of nitrogens with two attached hydrogens (primary N) is 1. The molecule has 1 fully saturated rings. The molecule has 1 aromatic rings. The second-order valence-corrected chi connectivity index (χ2v) is 5.63. The fourth-order valence-corrected chi connectivity index (χ4v) is 2.52. The Labute approximate surface area is 125 Å². The first-order valence-electron chi connectivity index (χ1n) is 7.37. The Morgan fingerprint density at radius 1 is 1.48 bits per heavy atom. The molecule has 0 spiro atoms. The van der Waals surface area contributed by atoms with Gasteiger partial charge in [-0.05, 0) is 42.9 Å². The number of carbonyl (C=O) groups is 1. The van der Waals surface area contributed by atoms with Gasteiger partial charge in [0.25, 0.3) is 5.91 Å². The van der Waals surface area contributed by atoms with Crippen molar-refractivity contribution in [1.82, 2.24) is 5.32 Å². The second kappa shape index (κ2) is 6.73. The first-order chi connectivity index (χ1) is 10.1. The number of benzene rings is 1. The lowest BCUT2D eigenvalue weighted by atomic mass is 10.0. The van der Waals surface area contributed by atoms with E-state index in [4.69, 9.17) is 5.73 Å². The van der Waals surface area contributed by atoms with Gasteiger partial charge in [0.15, 0.2) is 0 Å². The van der Waals surface area contributed by atoms with Crippen molar-refractivity contribution in [3.63, 3.8) is 0 Å². The second-order valence-electron chi connectivity index (χ2n) is 5.63. The van der Waals surface area contributed by atoms with Crippen molar-refractivity contribution in [3.05, 3.63) is 35.1 Å². The minimum Gasteiger partial charge on any atom is -0.351 e. The van der Waals surface area contributed by atoms with Crippen LogP contribution in [0, 0.1) is 23.1 Å². The maximum absolute atomic E-state index is 13.8. The molecule has 0 atom stereocenters. The largest absolute Gasteiger partial charge is 0.351 e. The average molecular weight is 288 g/mol. The molecule has 0 saturated heterocycles. The van der Waals surface area contributed by atoms with E-state index in [9.17, 15) is 9.18 Å². The number of halogens is 1. The van der Waals surface area contributed by atoms with E-state index in [-0.39, 0.29) is 23.4 Å². The molecule has 2 rings (SSSR count). The summed E-state index contributed by atoms with van der Waals surface area (Å²) >= 11 is 0. The molecule has 1 amide bonds. The summed E-state index contributed by atoms with van der Waals surface area (Å²) in [5.74, 6) is 4.62. The highest BCUT2D eigenvalue weighted by Gasteiger charge is 2.41. The predicted molar refractivity (Wildman–Crippen MR) is 81.2 cm³/mol. The summed E-state index contributed by atoms with van der Waals surface area (Å²) in [6.07, 6.45) is 4.50. The molecule has 0 aromatic heterocycles. The molecule has 3 N–H and O–H groups in total. The lowest BCUT2D eigenvalue weighted by molar-refractivity contribution is 0.0939. The van der Waals surface area contributed by atoms with E-state index in [0.29, 0.717) is 12.1 Å². The monoisotopic (exact) mass is 288 g/mol. The molecule has 1 saturated carbocycles. The Bertz CT molecular complexity index is 582. The Hall–Kier alpha value is -1.86. The van der Waals surface area contributed by atoms with Crippen LogP contribution in [0.25, 0.3) is 0 Å². The molecule has 1 aliphatic carbocycles. The highest BCUT2D eigenvalue weighted by atomic mass is 19.1. The van der Waals surface area contributed by atoms with E-state index in [1.807, 2.05) is 0 Å². The zero-order chi connectivity index (χ0) is 15.3. The normalized spacial score (nSPS) is 15.0. The summed E-state index contributed by atoms with van der Waals surface area (Å²) in [6, 6.07) is 4.30. The molecule has 1 aliphatic rings. The van der Waals surface area contributed by atoms with Crippen molar-refractivity contribution >= 4 is 5.91 Å². The Morgan fingerprint density at radius 3 is 2.86 bits per heavy atom. The van der Waals surface area contributed by atoms with Crippen LogP contribution in [0.1, 0.15) is 48.5 Å². The highest BCUT2D eigenvalue weighted by molar-refractivity contribution is 5.94. The van der Waals surface area contributed by atoms with Gasteiger partial charge in [0.1, 0.15) is 5.82 Å². The summed E-state index contributed by atoms with van der Waals surface area (Å²) in [5, 5.41) is 2.86. The van der Waals surface area contributed by atoms with E-state index < -0.39 is 5.82 Å². The van der Waals surface area contributed by atoms with Gasteiger partial charge in [0.2, 0.25) is 0 Å². The molecule has 3 nitrogen and oxygen atoms in total. The molecule has 0 heterocycles. The van der Waals surface area contributed by atoms with E-state index in [1.165, 1.54) is 12.1 Å². The van der Waals surface area contributed by atoms with E-state index >= 15 is 0 Å². The zero-order valence-electron chi connectivity index (χ0n) is 12.3. The van der Waals surface area contributed by atoms with Crippen LogP contribution in [0.2, 0.25) is 0 Å². The van der Waals surface area contributed by atoms with Crippen LogP contribution >= 0.6 is 0 Å². The summed E-state index contributed by atoms with van der Waals surface area (Å²) in [7, 11) is 0. The Kier molecular flexibility index (Phi) is 4.98.